The number of furan rings is 1. The SMILES string of the molecule is Cc1cc(Oc2nccc3occc23)ccc1-c1cc(=O)[nH]cn1. The van der Waals surface area contributed by atoms with E-state index in [0.29, 0.717) is 17.3 Å². The Kier molecular flexibility index (Phi) is 3.35. The Balaban J connectivity index is 1.69. The molecular weight excluding hydrogens is 306 g/mol. The Morgan fingerprint density at radius 2 is 2.04 bits per heavy atom. The highest BCUT2D eigenvalue weighted by molar-refractivity contribution is 5.82. The van der Waals surface area contributed by atoms with Gasteiger partial charge in [-0.15, -0.1) is 0 Å². The molecule has 3 heterocycles. The number of hydrogen-bond acceptors (Lipinski definition) is 5. The smallest absolute Gasteiger partial charge is 0.251 e. The first-order chi connectivity index (χ1) is 11.7. The maximum Gasteiger partial charge on any atom is 0.251 e. The molecule has 0 fully saturated rings. The second-order valence-electron chi connectivity index (χ2n) is 5.32. The minimum absolute atomic E-state index is 0.185. The van der Waals surface area contributed by atoms with E-state index in [2.05, 4.69) is 15.0 Å². The molecule has 24 heavy (non-hydrogen) atoms. The molecule has 1 aromatic carbocycles. The summed E-state index contributed by atoms with van der Waals surface area (Å²) in [4.78, 5) is 22.4. The molecule has 0 saturated heterocycles. The summed E-state index contributed by atoms with van der Waals surface area (Å²) in [6.45, 7) is 1.94. The van der Waals surface area contributed by atoms with E-state index in [-0.39, 0.29) is 5.56 Å². The molecule has 0 unspecified atom stereocenters. The number of aromatic amines is 1. The van der Waals surface area contributed by atoms with Gasteiger partial charge in [0.2, 0.25) is 5.88 Å². The van der Waals surface area contributed by atoms with Crippen LogP contribution < -0.4 is 10.3 Å². The van der Waals surface area contributed by atoms with Crippen LogP contribution in [0.2, 0.25) is 0 Å². The zero-order chi connectivity index (χ0) is 16.5. The van der Waals surface area contributed by atoms with E-state index < -0.39 is 0 Å². The van der Waals surface area contributed by atoms with Gasteiger partial charge in [-0.3, -0.25) is 4.79 Å². The number of rotatable bonds is 3. The summed E-state index contributed by atoms with van der Waals surface area (Å²) in [5, 5.41) is 0.815. The van der Waals surface area contributed by atoms with Crippen LogP contribution in [0.15, 0.2) is 64.4 Å². The lowest BCUT2D eigenvalue weighted by Crippen LogP contribution is -2.04. The fourth-order valence-electron chi connectivity index (χ4n) is 2.56. The summed E-state index contributed by atoms with van der Waals surface area (Å²) in [6, 6.07) is 10.7. The van der Waals surface area contributed by atoms with Gasteiger partial charge in [0, 0.05) is 17.8 Å². The summed E-state index contributed by atoms with van der Waals surface area (Å²) >= 11 is 0. The summed E-state index contributed by atoms with van der Waals surface area (Å²) in [5.41, 5.74) is 2.99. The van der Waals surface area contributed by atoms with Gasteiger partial charge >= 0.3 is 0 Å². The van der Waals surface area contributed by atoms with Crippen LogP contribution in [0, 0.1) is 6.92 Å². The van der Waals surface area contributed by atoms with E-state index in [4.69, 9.17) is 9.15 Å². The van der Waals surface area contributed by atoms with Crippen LogP contribution in [0.4, 0.5) is 0 Å². The molecule has 4 aromatic rings. The molecule has 0 aliphatic heterocycles. The van der Waals surface area contributed by atoms with Crippen molar-refractivity contribution in [2.24, 2.45) is 0 Å². The van der Waals surface area contributed by atoms with Crippen molar-refractivity contribution in [2.45, 2.75) is 6.92 Å². The maximum atomic E-state index is 11.4. The molecule has 6 nitrogen and oxygen atoms in total. The summed E-state index contributed by atoms with van der Waals surface area (Å²) in [6.07, 6.45) is 4.64. The van der Waals surface area contributed by atoms with Gasteiger partial charge in [0.25, 0.3) is 5.56 Å². The second-order valence-corrected chi connectivity index (χ2v) is 5.32. The van der Waals surface area contributed by atoms with Gasteiger partial charge in [-0.2, -0.15) is 0 Å². The number of hydrogen-bond donors (Lipinski definition) is 1. The van der Waals surface area contributed by atoms with Gasteiger partial charge in [-0.25, -0.2) is 9.97 Å². The minimum Gasteiger partial charge on any atom is -0.464 e. The highest BCUT2D eigenvalue weighted by atomic mass is 16.5. The lowest BCUT2D eigenvalue weighted by molar-refractivity contribution is 0.468. The van der Waals surface area contributed by atoms with E-state index in [1.165, 1.54) is 12.4 Å². The van der Waals surface area contributed by atoms with Gasteiger partial charge in [0.1, 0.15) is 11.3 Å². The number of pyridine rings is 1. The third-order valence-electron chi connectivity index (χ3n) is 3.71. The van der Waals surface area contributed by atoms with Crippen LogP contribution in [0.25, 0.3) is 22.2 Å². The lowest BCUT2D eigenvalue weighted by Gasteiger charge is -2.09. The number of ether oxygens (including phenoxy) is 1. The van der Waals surface area contributed by atoms with Crippen molar-refractivity contribution in [3.05, 3.63) is 71.1 Å². The third-order valence-corrected chi connectivity index (χ3v) is 3.71. The zero-order valence-electron chi connectivity index (χ0n) is 12.8. The molecule has 0 bridgehead atoms. The van der Waals surface area contributed by atoms with Crippen molar-refractivity contribution in [3.8, 4) is 22.9 Å². The summed E-state index contributed by atoms with van der Waals surface area (Å²) in [7, 11) is 0. The van der Waals surface area contributed by atoms with E-state index in [1.54, 1.807) is 18.5 Å². The van der Waals surface area contributed by atoms with Crippen LogP contribution in [-0.2, 0) is 0 Å². The molecule has 118 valence electrons. The molecule has 1 N–H and O–H groups in total. The lowest BCUT2D eigenvalue weighted by atomic mass is 10.1. The number of nitrogens with zero attached hydrogens (tertiary/aromatic N) is 2. The monoisotopic (exact) mass is 319 g/mol. The van der Waals surface area contributed by atoms with Crippen molar-refractivity contribution in [1.82, 2.24) is 15.0 Å². The number of benzene rings is 1. The van der Waals surface area contributed by atoms with Gasteiger partial charge in [0.05, 0.1) is 23.7 Å². The molecule has 0 atom stereocenters. The van der Waals surface area contributed by atoms with E-state index in [1.807, 2.05) is 31.2 Å². The third kappa shape index (κ3) is 2.54. The quantitative estimate of drug-likeness (QED) is 0.623. The molecule has 0 aliphatic rings. The largest absolute Gasteiger partial charge is 0.464 e. The Morgan fingerprint density at radius 1 is 1.12 bits per heavy atom. The normalized spacial score (nSPS) is 10.9. The first kappa shape index (κ1) is 14.2. The van der Waals surface area contributed by atoms with Gasteiger partial charge in [-0.05, 0) is 42.8 Å². The zero-order valence-corrected chi connectivity index (χ0v) is 12.8. The molecule has 0 saturated carbocycles. The molecule has 0 radical (unpaired) electrons. The van der Waals surface area contributed by atoms with Crippen LogP contribution in [0.1, 0.15) is 5.56 Å². The molecule has 0 amide bonds. The van der Waals surface area contributed by atoms with Crippen molar-refractivity contribution in [2.75, 3.05) is 0 Å². The Bertz CT molecular complexity index is 1080. The number of H-pyrrole nitrogens is 1. The van der Waals surface area contributed by atoms with E-state index >= 15 is 0 Å². The van der Waals surface area contributed by atoms with Crippen molar-refractivity contribution >= 4 is 11.0 Å². The number of fused-ring (bicyclic) bond motifs is 1. The average molecular weight is 319 g/mol. The van der Waals surface area contributed by atoms with E-state index in [9.17, 15) is 4.79 Å². The summed E-state index contributed by atoms with van der Waals surface area (Å²) in [5.74, 6) is 1.14. The predicted molar refractivity (Wildman–Crippen MR) is 89.1 cm³/mol. The van der Waals surface area contributed by atoms with Crippen molar-refractivity contribution in [1.29, 1.82) is 0 Å². The average Bonchev–Trinajstić information content (AvgIpc) is 3.05. The molecular formula is C18H13N3O3. The minimum atomic E-state index is -0.185. The van der Waals surface area contributed by atoms with Crippen molar-refractivity contribution in [3.63, 3.8) is 0 Å². The van der Waals surface area contributed by atoms with Gasteiger partial charge in [-0.1, -0.05) is 0 Å². The van der Waals surface area contributed by atoms with Crippen LogP contribution in [-0.4, -0.2) is 15.0 Å². The topological polar surface area (TPSA) is 81.0 Å². The predicted octanol–water partition coefficient (Wildman–Crippen LogP) is 3.68. The Labute approximate surface area is 136 Å². The summed E-state index contributed by atoms with van der Waals surface area (Å²) < 4.78 is 11.2. The fraction of sp³-hybridized carbons (Fsp3) is 0.0556. The molecule has 0 aliphatic carbocycles. The number of aryl methyl sites for hydroxylation is 1. The van der Waals surface area contributed by atoms with Crippen LogP contribution >= 0.6 is 0 Å². The number of nitrogens with one attached hydrogen (secondary N) is 1. The Hall–Kier alpha value is -3.41. The molecule has 0 spiro atoms. The first-order valence-corrected chi connectivity index (χ1v) is 7.36. The van der Waals surface area contributed by atoms with Gasteiger partial charge < -0.3 is 14.1 Å². The van der Waals surface area contributed by atoms with Crippen molar-refractivity contribution < 1.29 is 9.15 Å². The fourth-order valence-corrected chi connectivity index (χ4v) is 2.56. The second kappa shape index (κ2) is 5.66. The molecule has 4 rings (SSSR count). The first-order valence-electron chi connectivity index (χ1n) is 7.36. The van der Waals surface area contributed by atoms with Crippen LogP contribution in [0.3, 0.4) is 0 Å². The highest BCUT2D eigenvalue weighted by Crippen LogP contribution is 2.31. The van der Waals surface area contributed by atoms with Gasteiger partial charge in [0.15, 0.2) is 0 Å². The maximum absolute atomic E-state index is 11.4. The van der Waals surface area contributed by atoms with Crippen LogP contribution in [0.5, 0.6) is 11.6 Å². The molecule has 3 aromatic heterocycles. The van der Waals surface area contributed by atoms with E-state index in [0.717, 1.165) is 22.1 Å². The number of aromatic nitrogens is 3. The standard InChI is InChI=1S/C18H13N3O3/c1-11-8-12(2-3-13(11)15-9-17(22)21-10-20-15)24-18-14-5-7-23-16(14)4-6-19-18/h2-10H,1H3,(H,20,21,22). The highest BCUT2D eigenvalue weighted by Gasteiger charge is 2.10. The Morgan fingerprint density at radius 3 is 2.88 bits per heavy atom. The molecule has 6 heteroatoms.